The maximum absolute atomic E-state index is 10.9. The fraction of sp³-hybridized carbons (Fsp3) is 0.250. The SMILES string of the molecule is CNCC#Cc1cc2c(cc1C=O)OCO2. The Balaban J connectivity index is 2.37. The molecule has 1 aromatic carbocycles. The molecule has 1 aromatic rings. The van der Waals surface area contributed by atoms with Crippen LogP contribution in [0, 0.1) is 11.8 Å². The number of carbonyl (C=O) groups excluding carboxylic acids is 1. The highest BCUT2D eigenvalue weighted by molar-refractivity contribution is 5.81. The first-order chi connectivity index (χ1) is 7.85. The van der Waals surface area contributed by atoms with Gasteiger partial charge in [-0.3, -0.25) is 4.79 Å². The standard InChI is InChI=1S/C12H11NO3/c1-13-4-2-3-9-5-11-12(16-8-15-11)6-10(9)7-14/h5-7,13H,4,8H2,1H3. The first-order valence-corrected chi connectivity index (χ1v) is 4.87. The van der Waals surface area contributed by atoms with Gasteiger partial charge in [0.15, 0.2) is 17.8 Å². The van der Waals surface area contributed by atoms with Gasteiger partial charge in [-0.25, -0.2) is 0 Å². The highest BCUT2D eigenvalue weighted by Crippen LogP contribution is 2.34. The van der Waals surface area contributed by atoms with Gasteiger partial charge in [-0.05, 0) is 13.1 Å². The molecule has 1 aliphatic heterocycles. The number of benzene rings is 1. The second kappa shape index (κ2) is 4.69. The third-order valence-corrected chi connectivity index (χ3v) is 2.16. The van der Waals surface area contributed by atoms with Crippen LogP contribution in [0.3, 0.4) is 0 Å². The summed E-state index contributed by atoms with van der Waals surface area (Å²) in [6.07, 6.45) is 0.769. The van der Waals surface area contributed by atoms with E-state index in [0.717, 1.165) is 6.29 Å². The van der Waals surface area contributed by atoms with Crippen LogP contribution < -0.4 is 14.8 Å². The van der Waals surface area contributed by atoms with E-state index in [1.807, 2.05) is 7.05 Å². The Morgan fingerprint density at radius 2 is 2.19 bits per heavy atom. The minimum atomic E-state index is 0.195. The van der Waals surface area contributed by atoms with Gasteiger partial charge in [0.2, 0.25) is 6.79 Å². The molecule has 0 aliphatic carbocycles. The van der Waals surface area contributed by atoms with Crippen molar-refractivity contribution >= 4 is 6.29 Å². The summed E-state index contributed by atoms with van der Waals surface area (Å²) in [7, 11) is 1.81. The normalized spacial score (nSPS) is 11.8. The molecule has 16 heavy (non-hydrogen) atoms. The molecule has 2 rings (SSSR count). The number of nitrogens with one attached hydrogen (secondary N) is 1. The Morgan fingerprint density at radius 1 is 1.44 bits per heavy atom. The summed E-state index contributed by atoms with van der Waals surface area (Å²) >= 11 is 0. The van der Waals surface area contributed by atoms with Crippen LogP contribution in [0.15, 0.2) is 12.1 Å². The van der Waals surface area contributed by atoms with Crippen molar-refractivity contribution in [3.63, 3.8) is 0 Å². The first kappa shape index (κ1) is 10.5. The third kappa shape index (κ3) is 2.00. The van der Waals surface area contributed by atoms with Crippen LogP contribution >= 0.6 is 0 Å². The third-order valence-electron chi connectivity index (χ3n) is 2.16. The molecule has 0 aromatic heterocycles. The van der Waals surface area contributed by atoms with Gasteiger partial charge < -0.3 is 14.8 Å². The number of carbonyl (C=O) groups is 1. The molecule has 0 saturated heterocycles. The van der Waals surface area contributed by atoms with Gasteiger partial charge in [0.25, 0.3) is 0 Å². The van der Waals surface area contributed by atoms with Crippen LogP contribution in [0.1, 0.15) is 15.9 Å². The number of aldehydes is 1. The Hall–Kier alpha value is -1.99. The lowest BCUT2D eigenvalue weighted by Gasteiger charge is -2.00. The van der Waals surface area contributed by atoms with E-state index in [4.69, 9.17) is 9.47 Å². The lowest BCUT2D eigenvalue weighted by Crippen LogP contribution is -2.04. The van der Waals surface area contributed by atoms with Crippen LogP contribution in [0.2, 0.25) is 0 Å². The molecular formula is C12H11NO3. The van der Waals surface area contributed by atoms with Crippen LogP contribution in [0.25, 0.3) is 0 Å². The van der Waals surface area contributed by atoms with Crippen molar-refractivity contribution in [3.8, 4) is 23.3 Å². The second-order valence-corrected chi connectivity index (χ2v) is 3.24. The van der Waals surface area contributed by atoms with E-state index in [0.29, 0.717) is 29.2 Å². The Kier molecular flexibility index (Phi) is 3.08. The molecule has 0 atom stereocenters. The molecule has 0 saturated carbocycles. The zero-order valence-corrected chi connectivity index (χ0v) is 8.87. The smallest absolute Gasteiger partial charge is 0.231 e. The number of rotatable bonds is 2. The van der Waals surface area contributed by atoms with E-state index in [1.165, 1.54) is 0 Å². The molecule has 0 spiro atoms. The van der Waals surface area contributed by atoms with Crippen LogP contribution in [-0.4, -0.2) is 26.7 Å². The second-order valence-electron chi connectivity index (χ2n) is 3.24. The zero-order chi connectivity index (χ0) is 11.4. The Bertz CT molecular complexity index is 471. The molecule has 0 unspecified atom stereocenters. The van der Waals surface area contributed by atoms with Crippen LogP contribution in [-0.2, 0) is 0 Å². The predicted molar refractivity (Wildman–Crippen MR) is 58.8 cm³/mol. The molecule has 82 valence electrons. The van der Waals surface area contributed by atoms with Gasteiger partial charge in [0.05, 0.1) is 6.54 Å². The van der Waals surface area contributed by atoms with Gasteiger partial charge in [-0.15, -0.1) is 0 Å². The number of hydrogen-bond acceptors (Lipinski definition) is 4. The monoisotopic (exact) mass is 217 g/mol. The van der Waals surface area contributed by atoms with Crippen molar-refractivity contribution in [2.45, 2.75) is 0 Å². The number of ether oxygens (including phenoxy) is 2. The summed E-state index contributed by atoms with van der Waals surface area (Å²) < 4.78 is 10.4. The molecule has 0 amide bonds. The van der Waals surface area contributed by atoms with Gasteiger partial charge in [0.1, 0.15) is 0 Å². The Morgan fingerprint density at radius 3 is 2.88 bits per heavy atom. The molecule has 4 nitrogen and oxygen atoms in total. The highest BCUT2D eigenvalue weighted by Gasteiger charge is 2.15. The molecule has 0 radical (unpaired) electrons. The van der Waals surface area contributed by atoms with E-state index in [2.05, 4.69) is 17.2 Å². The van der Waals surface area contributed by atoms with Gasteiger partial charge in [0, 0.05) is 17.2 Å². The molecule has 0 fully saturated rings. The minimum absolute atomic E-state index is 0.195. The fourth-order valence-corrected chi connectivity index (χ4v) is 1.39. The maximum atomic E-state index is 10.9. The topological polar surface area (TPSA) is 47.6 Å². The van der Waals surface area contributed by atoms with Gasteiger partial charge >= 0.3 is 0 Å². The lowest BCUT2D eigenvalue weighted by atomic mass is 10.1. The average Bonchev–Trinajstić information content (AvgIpc) is 2.75. The summed E-state index contributed by atoms with van der Waals surface area (Å²) in [4.78, 5) is 10.9. The maximum Gasteiger partial charge on any atom is 0.231 e. The average molecular weight is 217 g/mol. The van der Waals surface area contributed by atoms with Crippen molar-refractivity contribution < 1.29 is 14.3 Å². The summed E-state index contributed by atoms with van der Waals surface area (Å²) in [5.74, 6) is 7.05. The minimum Gasteiger partial charge on any atom is -0.454 e. The quantitative estimate of drug-likeness (QED) is 0.588. The van der Waals surface area contributed by atoms with Crippen molar-refractivity contribution in [3.05, 3.63) is 23.3 Å². The summed E-state index contributed by atoms with van der Waals surface area (Å²) in [5.41, 5.74) is 1.18. The molecule has 0 bridgehead atoms. The molecule has 1 N–H and O–H groups in total. The van der Waals surface area contributed by atoms with Crippen molar-refractivity contribution in [2.24, 2.45) is 0 Å². The van der Waals surface area contributed by atoms with Crippen molar-refractivity contribution in [1.29, 1.82) is 0 Å². The largest absolute Gasteiger partial charge is 0.454 e. The summed E-state index contributed by atoms with van der Waals surface area (Å²) in [6, 6.07) is 3.38. The summed E-state index contributed by atoms with van der Waals surface area (Å²) in [5, 5.41) is 2.91. The lowest BCUT2D eigenvalue weighted by molar-refractivity contribution is 0.112. The fourth-order valence-electron chi connectivity index (χ4n) is 1.39. The first-order valence-electron chi connectivity index (χ1n) is 4.87. The van der Waals surface area contributed by atoms with Crippen molar-refractivity contribution in [1.82, 2.24) is 5.32 Å². The van der Waals surface area contributed by atoms with E-state index in [9.17, 15) is 4.79 Å². The molecule has 4 heteroatoms. The number of fused-ring (bicyclic) bond motifs is 1. The predicted octanol–water partition coefficient (Wildman–Crippen LogP) is 0.799. The molecular weight excluding hydrogens is 206 g/mol. The van der Waals surface area contributed by atoms with Gasteiger partial charge in [-0.1, -0.05) is 11.8 Å². The van der Waals surface area contributed by atoms with Crippen molar-refractivity contribution in [2.75, 3.05) is 20.4 Å². The zero-order valence-electron chi connectivity index (χ0n) is 8.87. The van der Waals surface area contributed by atoms with E-state index < -0.39 is 0 Å². The molecule has 1 aliphatic rings. The van der Waals surface area contributed by atoms with E-state index in [1.54, 1.807) is 12.1 Å². The summed E-state index contributed by atoms with van der Waals surface area (Å²) in [6.45, 7) is 0.772. The Labute approximate surface area is 93.6 Å². The van der Waals surface area contributed by atoms with Gasteiger partial charge in [-0.2, -0.15) is 0 Å². The number of hydrogen-bond donors (Lipinski definition) is 1. The van der Waals surface area contributed by atoms with E-state index >= 15 is 0 Å². The molecule has 1 heterocycles. The van der Waals surface area contributed by atoms with Crippen LogP contribution in [0.4, 0.5) is 0 Å². The van der Waals surface area contributed by atoms with E-state index in [-0.39, 0.29) is 6.79 Å². The van der Waals surface area contributed by atoms with Crippen LogP contribution in [0.5, 0.6) is 11.5 Å². The highest BCUT2D eigenvalue weighted by atomic mass is 16.7.